The molecule has 0 spiro atoms. The summed E-state index contributed by atoms with van der Waals surface area (Å²) in [6.07, 6.45) is 1.74. The van der Waals surface area contributed by atoms with Gasteiger partial charge in [-0.05, 0) is 39.7 Å². The highest BCUT2D eigenvalue weighted by Crippen LogP contribution is 2.15. The van der Waals surface area contributed by atoms with Gasteiger partial charge < -0.3 is 11.1 Å². The van der Waals surface area contributed by atoms with Gasteiger partial charge in [-0.15, -0.1) is 0 Å². The van der Waals surface area contributed by atoms with Gasteiger partial charge in [0, 0.05) is 12.6 Å². The number of nitrogens with one attached hydrogen (secondary N) is 1. The van der Waals surface area contributed by atoms with E-state index < -0.39 is 23.7 Å². The Kier molecular flexibility index (Phi) is 5.21. The van der Waals surface area contributed by atoms with Gasteiger partial charge in [-0.1, -0.05) is 18.2 Å². The average molecular weight is 366 g/mol. The zero-order valence-corrected chi connectivity index (χ0v) is 13.0. The van der Waals surface area contributed by atoms with Crippen LogP contribution in [-0.4, -0.2) is 22.8 Å². The summed E-state index contributed by atoms with van der Waals surface area (Å²) in [5.41, 5.74) is 5.88. The van der Waals surface area contributed by atoms with Crippen LogP contribution in [0.15, 0.2) is 47.2 Å². The van der Waals surface area contributed by atoms with Crippen molar-refractivity contribution in [3.05, 3.63) is 64.1 Å². The number of nitrogens with zero attached hydrogens (tertiary/aromatic N) is 1. The topological polar surface area (TPSA) is 85.1 Å². The highest BCUT2D eigenvalue weighted by atomic mass is 79.9. The van der Waals surface area contributed by atoms with E-state index in [1.165, 1.54) is 24.3 Å². The molecule has 114 valence electrons. The Labute approximate surface area is 134 Å². The number of pyridine rings is 1. The lowest BCUT2D eigenvalue weighted by atomic mass is 10.1. The number of carbonyl (C=O) groups is 2. The van der Waals surface area contributed by atoms with Crippen molar-refractivity contribution in [2.24, 2.45) is 5.73 Å². The van der Waals surface area contributed by atoms with Crippen LogP contribution in [0.4, 0.5) is 4.39 Å². The quantitative estimate of drug-likeness (QED) is 0.792. The van der Waals surface area contributed by atoms with Gasteiger partial charge >= 0.3 is 0 Å². The summed E-state index contributed by atoms with van der Waals surface area (Å²) in [6, 6.07) is 8.01. The SMILES string of the molecule is NC(=O)[C@@H](Cc1cccnc1Br)NC(=O)c1ccccc1F. The largest absolute Gasteiger partial charge is 0.368 e. The molecule has 0 aliphatic heterocycles. The molecule has 1 aromatic carbocycles. The van der Waals surface area contributed by atoms with E-state index in [1.807, 2.05) is 0 Å². The summed E-state index contributed by atoms with van der Waals surface area (Å²) in [5, 5.41) is 2.45. The molecule has 0 saturated carbocycles. The van der Waals surface area contributed by atoms with Gasteiger partial charge in [0.15, 0.2) is 0 Å². The number of carbonyl (C=O) groups excluding carboxylic acids is 2. The summed E-state index contributed by atoms with van der Waals surface area (Å²) in [7, 11) is 0. The van der Waals surface area contributed by atoms with E-state index in [0.717, 1.165) is 0 Å². The highest BCUT2D eigenvalue weighted by molar-refractivity contribution is 9.10. The number of amides is 2. The van der Waals surface area contributed by atoms with Crippen LogP contribution in [-0.2, 0) is 11.2 Å². The second-order valence-electron chi connectivity index (χ2n) is 4.57. The molecule has 5 nitrogen and oxygen atoms in total. The molecule has 22 heavy (non-hydrogen) atoms. The molecular weight excluding hydrogens is 353 g/mol. The van der Waals surface area contributed by atoms with Crippen LogP contribution in [0.1, 0.15) is 15.9 Å². The lowest BCUT2D eigenvalue weighted by Gasteiger charge is -2.16. The normalized spacial score (nSPS) is 11.7. The predicted molar refractivity (Wildman–Crippen MR) is 82.5 cm³/mol. The number of hydrogen-bond acceptors (Lipinski definition) is 3. The summed E-state index contributed by atoms with van der Waals surface area (Å²) < 4.78 is 14.1. The maximum Gasteiger partial charge on any atom is 0.254 e. The Morgan fingerprint density at radius 3 is 2.64 bits per heavy atom. The fourth-order valence-corrected chi connectivity index (χ4v) is 2.31. The summed E-state index contributed by atoms with van der Waals surface area (Å²) in [6.45, 7) is 0. The number of hydrogen-bond donors (Lipinski definition) is 2. The Balaban J connectivity index is 2.16. The Morgan fingerprint density at radius 2 is 2.00 bits per heavy atom. The Morgan fingerprint density at radius 1 is 1.27 bits per heavy atom. The van der Waals surface area contributed by atoms with Crippen molar-refractivity contribution in [2.45, 2.75) is 12.5 Å². The van der Waals surface area contributed by atoms with Gasteiger partial charge in [-0.3, -0.25) is 9.59 Å². The number of halogens is 2. The first-order valence-corrected chi connectivity index (χ1v) is 7.22. The van der Waals surface area contributed by atoms with E-state index in [-0.39, 0.29) is 12.0 Å². The molecular formula is C15H13BrFN3O2. The lowest BCUT2D eigenvalue weighted by molar-refractivity contribution is -0.119. The summed E-state index contributed by atoms with van der Waals surface area (Å²) >= 11 is 3.26. The van der Waals surface area contributed by atoms with E-state index in [1.54, 1.807) is 18.3 Å². The molecule has 1 atom stereocenters. The van der Waals surface area contributed by atoms with E-state index in [2.05, 4.69) is 26.2 Å². The minimum atomic E-state index is -0.965. The molecule has 0 aliphatic rings. The standard InChI is InChI=1S/C15H13BrFN3O2/c16-13-9(4-3-7-19-13)8-12(14(18)21)20-15(22)10-5-1-2-6-11(10)17/h1-7,12H,8H2,(H2,18,21)(H,20,22)/t12-/m1/s1. The van der Waals surface area contributed by atoms with Crippen LogP contribution >= 0.6 is 15.9 Å². The zero-order chi connectivity index (χ0) is 16.1. The average Bonchev–Trinajstić information content (AvgIpc) is 2.49. The van der Waals surface area contributed by atoms with Gasteiger partial charge in [-0.2, -0.15) is 0 Å². The molecule has 1 aromatic heterocycles. The van der Waals surface area contributed by atoms with Crippen molar-refractivity contribution in [2.75, 3.05) is 0 Å². The number of aromatic nitrogens is 1. The molecule has 0 fully saturated rings. The fourth-order valence-electron chi connectivity index (χ4n) is 1.90. The van der Waals surface area contributed by atoms with Gasteiger partial charge in [0.2, 0.25) is 5.91 Å². The third-order valence-electron chi connectivity index (χ3n) is 3.03. The third kappa shape index (κ3) is 3.88. The number of nitrogens with two attached hydrogens (primary N) is 1. The predicted octanol–water partition coefficient (Wildman–Crippen LogP) is 1.81. The molecule has 3 N–H and O–H groups in total. The van der Waals surface area contributed by atoms with Crippen molar-refractivity contribution in [3.63, 3.8) is 0 Å². The molecule has 0 saturated heterocycles. The van der Waals surface area contributed by atoms with E-state index in [4.69, 9.17) is 5.73 Å². The van der Waals surface area contributed by atoms with Crippen LogP contribution in [0, 0.1) is 5.82 Å². The molecule has 2 rings (SSSR count). The number of rotatable bonds is 5. The number of primary amides is 1. The summed E-state index contributed by atoms with van der Waals surface area (Å²) in [5.74, 6) is -2.06. The highest BCUT2D eigenvalue weighted by Gasteiger charge is 2.22. The first-order chi connectivity index (χ1) is 10.5. The van der Waals surface area contributed by atoms with Gasteiger partial charge in [0.1, 0.15) is 16.5 Å². The van der Waals surface area contributed by atoms with Crippen molar-refractivity contribution < 1.29 is 14.0 Å². The molecule has 2 amide bonds. The van der Waals surface area contributed by atoms with E-state index >= 15 is 0 Å². The smallest absolute Gasteiger partial charge is 0.254 e. The zero-order valence-electron chi connectivity index (χ0n) is 11.4. The number of benzene rings is 1. The molecule has 0 bridgehead atoms. The second kappa shape index (κ2) is 7.13. The first kappa shape index (κ1) is 16.1. The minimum Gasteiger partial charge on any atom is -0.368 e. The first-order valence-electron chi connectivity index (χ1n) is 6.43. The minimum absolute atomic E-state index is 0.140. The van der Waals surface area contributed by atoms with Crippen LogP contribution in [0.2, 0.25) is 0 Å². The lowest BCUT2D eigenvalue weighted by Crippen LogP contribution is -2.46. The molecule has 1 heterocycles. The maximum atomic E-state index is 13.6. The molecule has 2 aromatic rings. The Bertz CT molecular complexity index is 709. The van der Waals surface area contributed by atoms with Crippen molar-refractivity contribution in [3.8, 4) is 0 Å². The maximum absolute atomic E-state index is 13.6. The second-order valence-corrected chi connectivity index (χ2v) is 5.32. The third-order valence-corrected chi connectivity index (χ3v) is 3.74. The molecule has 0 unspecified atom stereocenters. The van der Waals surface area contributed by atoms with Gasteiger partial charge in [0.05, 0.1) is 5.56 Å². The molecule has 7 heteroatoms. The monoisotopic (exact) mass is 365 g/mol. The van der Waals surface area contributed by atoms with Crippen molar-refractivity contribution in [1.82, 2.24) is 10.3 Å². The van der Waals surface area contributed by atoms with Crippen LogP contribution < -0.4 is 11.1 Å². The van der Waals surface area contributed by atoms with E-state index in [9.17, 15) is 14.0 Å². The van der Waals surface area contributed by atoms with Crippen LogP contribution in [0.25, 0.3) is 0 Å². The molecule has 0 radical (unpaired) electrons. The summed E-state index contributed by atoms with van der Waals surface area (Å²) in [4.78, 5) is 27.6. The van der Waals surface area contributed by atoms with Crippen molar-refractivity contribution >= 4 is 27.7 Å². The Hall–Kier alpha value is -2.28. The van der Waals surface area contributed by atoms with Crippen molar-refractivity contribution in [1.29, 1.82) is 0 Å². The molecule has 0 aliphatic carbocycles. The van der Waals surface area contributed by atoms with Crippen LogP contribution in [0.3, 0.4) is 0 Å². The van der Waals surface area contributed by atoms with Gasteiger partial charge in [0.25, 0.3) is 5.91 Å². The fraction of sp³-hybridized carbons (Fsp3) is 0.133. The van der Waals surface area contributed by atoms with Crippen LogP contribution in [0.5, 0.6) is 0 Å². The van der Waals surface area contributed by atoms with Gasteiger partial charge in [-0.25, -0.2) is 9.37 Å². The van der Waals surface area contributed by atoms with E-state index in [0.29, 0.717) is 10.2 Å².